The highest BCUT2D eigenvalue weighted by Crippen LogP contribution is 2.43. The van der Waals surface area contributed by atoms with Crippen molar-refractivity contribution >= 4 is 59.5 Å². The molecule has 0 atom stereocenters. The first kappa shape index (κ1) is 25.1. The van der Waals surface area contributed by atoms with Gasteiger partial charge >= 0.3 is 0 Å². The molecule has 2 aromatic heterocycles. The third kappa shape index (κ3) is 3.66. The van der Waals surface area contributed by atoms with Gasteiger partial charge in [-0.05, 0) is 63.5 Å². The minimum absolute atomic E-state index is 0.464. The van der Waals surface area contributed by atoms with Crippen molar-refractivity contribution in [2.24, 2.45) is 0 Å². The van der Waals surface area contributed by atoms with Crippen molar-refractivity contribution in [2.45, 2.75) is 0 Å². The fraction of sp³-hybridized carbons (Fsp3) is 0. The van der Waals surface area contributed by atoms with Crippen LogP contribution in [0.4, 0.5) is 0 Å². The molecule has 4 nitrogen and oxygen atoms in total. The van der Waals surface area contributed by atoms with Gasteiger partial charge in [0, 0.05) is 26.0 Å². The third-order valence-corrected chi connectivity index (χ3v) is 8.89. The Hall–Kier alpha value is -5.62. The van der Waals surface area contributed by atoms with E-state index in [1.165, 1.54) is 0 Å². The molecule has 0 aliphatic rings. The average Bonchev–Trinajstić information content (AvgIpc) is 3.57. The quantitative estimate of drug-likeness (QED) is 0.199. The normalized spacial score (nSPS) is 11.3. The van der Waals surface area contributed by atoms with Crippen molar-refractivity contribution in [2.75, 3.05) is 0 Å². The van der Waals surface area contributed by atoms with Crippen LogP contribution < -0.4 is 0 Å². The number of hydrogen-bond donors (Lipinski definition) is 0. The van der Waals surface area contributed by atoms with Crippen molar-refractivity contribution < 1.29 is 0 Å². The van der Waals surface area contributed by atoms with E-state index in [0.29, 0.717) is 27.0 Å². The number of aromatic nitrogens is 2. The largest absolute Gasteiger partial charge is 0.306 e. The maximum atomic E-state index is 10.7. The molecule has 5 heteroatoms. The minimum Gasteiger partial charge on any atom is -0.306 e. The van der Waals surface area contributed by atoms with Gasteiger partial charge in [-0.2, -0.15) is 10.5 Å². The van der Waals surface area contributed by atoms with E-state index in [1.807, 2.05) is 54.6 Å². The second-order valence-electron chi connectivity index (χ2n) is 10.5. The van der Waals surface area contributed by atoms with Crippen molar-refractivity contribution in [3.05, 3.63) is 143 Å². The van der Waals surface area contributed by atoms with Crippen LogP contribution in [0, 0.1) is 22.7 Å². The molecule has 0 fully saturated rings. The predicted molar refractivity (Wildman–Crippen MR) is 178 cm³/mol. The van der Waals surface area contributed by atoms with Gasteiger partial charge < -0.3 is 9.13 Å². The van der Waals surface area contributed by atoms with E-state index in [-0.39, 0.29) is 0 Å². The molecule has 8 aromatic rings. The minimum atomic E-state index is 0.464. The topological polar surface area (TPSA) is 57.4 Å². The molecule has 0 aliphatic carbocycles. The number of halogens is 1. The molecule has 0 unspecified atom stereocenters. The summed E-state index contributed by atoms with van der Waals surface area (Å²) < 4.78 is 4.88. The number of hydrogen-bond acceptors (Lipinski definition) is 2. The van der Waals surface area contributed by atoms with Gasteiger partial charge in [0.05, 0.1) is 44.6 Å². The monoisotopic (exact) mass is 612 g/mol. The molecule has 0 saturated carbocycles. The highest BCUT2D eigenvalue weighted by Gasteiger charge is 2.26. The van der Waals surface area contributed by atoms with Gasteiger partial charge in [-0.15, -0.1) is 0 Å². The summed E-state index contributed by atoms with van der Waals surface area (Å²) in [6.45, 7) is 0. The lowest BCUT2D eigenvalue weighted by Crippen LogP contribution is -2.09. The van der Waals surface area contributed by atoms with E-state index >= 15 is 0 Å². The lowest BCUT2D eigenvalue weighted by Gasteiger charge is -2.20. The van der Waals surface area contributed by atoms with Crippen LogP contribution in [0.3, 0.4) is 0 Å². The van der Waals surface area contributed by atoms with Gasteiger partial charge in [0.2, 0.25) is 0 Å². The summed E-state index contributed by atoms with van der Waals surface area (Å²) in [7, 11) is 0. The highest BCUT2D eigenvalue weighted by atomic mass is 79.9. The van der Waals surface area contributed by atoms with E-state index in [4.69, 9.17) is 0 Å². The summed E-state index contributed by atoms with van der Waals surface area (Å²) in [5.41, 5.74) is 8.40. The number of fused-ring (bicyclic) bond motifs is 6. The molecular weight excluding hydrogens is 592 g/mol. The zero-order valence-electron chi connectivity index (χ0n) is 22.8. The van der Waals surface area contributed by atoms with Gasteiger partial charge in [0.15, 0.2) is 0 Å². The molecule has 2 heterocycles. The van der Waals surface area contributed by atoms with Gasteiger partial charge in [-0.3, -0.25) is 0 Å². The predicted octanol–water partition coefficient (Wildman–Crippen LogP) is 10.1. The molecule has 6 aromatic carbocycles. The van der Waals surface area contributed by atoms with Crippen molar-refractivity contribution in [1.29, 1.82) is 10.5 Å². The average molecular weight is 614 g/mol. The zero-order chi connectivity index (χ0) is 29.1. The number of rotatable bonds is 3. The van der Waals surface area contributed by atoms with Crippen LogP contribution in [0.25, 0.3) is 66.1 Å². The van der Waals surface area contributed by atoms with E-state index in [9.17, 15) is 10.5 Å². The Labute approximate surface area is 256 Å². The number of nitriles is 2. The summed E-state index contributed by atoms with van der Waals surface area (Å²) in [4.78, 5) is 0. The first-order valence-electron chi connectivity index (χ1n) is 13.9. The molecule has 8 rings (SSSR count). The van der Waals surface area contributed by atoms with Gasteiger partial charge in [-0.1, -0.05) is 91.0 Å². The second-order valence-corrected chi connectivity index (χ2v) is 11.4. The summed E-state index contributed by atoms with van der Waals surface area (Å²) in [5.74, 6) is 0. The van der Waals surface area contributed by atoms with E-state index in [0.717, 1.165) is 54.7 Å². The smallest absolute Gasteiger partial charge is 0.103 e. The third-order valence-electron chi connectivity index (χ3n) is 8.27. The van der Waals surface area contributed by atoms with Gasteiger partial charge in [0.25, 0.3) is 0 Å². The molecule has 0 saturated heterocycles. The molecule has 0 radical (unpaired) electrons. The fourth-order valence-electron chi connectivity index (χ4n) is 6.45. The zero-order valence-corrected chi connectivity index (χ0v) is 24.4. The Bertz CT molecular complexity index is 2430. The number of nitrogens with zero attached hydrogens (tertiary/aromatic N) is 4. The highest BCUT2D eigenvalue weighted by molar-refractivity contribution is 9.10. The molecule has 200 valence electrons. The summed E-state index contributed by atoms with van der Waals surface area (Å²) in [5, 5.41) is 25.6. The maximum absolute atomic E-state index is 10.7. The lowest BCUT2D eigenvalue weighted by atomic mass is 10.0. The SMILES string of the molecule is N#Cc1cc(Br)c(C#N)c(-n2c3ccccc3c3cc(-c4ccccc4)ccc32)c1-n1c2ccccc2c2ccccc21. The number of benzene rings is 6. The van der Waals surface area contributed by atoms with Crippen LogP contribution in [-0.2, 0) is 0 Å². The standard InChI is InChI=1S/C38H21BrN4/c39-32-21-26(22-40)37(42-33-15-7-4-12-27(33)28-13-5-8-16-34(28)42)38(31(32)23-41)43-35-17-9-6-14-29(35)30-20-25(18-19-36(30)43)24-10-2-1-3-11-24/h1-21H. The van der Waals surface area contributed by atoms with Crippen LogP contribution in [0.2, 0.25) is 0 Å². The maximum Gasteiger partial charge on any atom is 0.103 e. The van der Waals surface area contributed by atoms with Crippen molar-refractivity contribution in [3.8, 4) is 34.6 Å². The van der Waals surface area contributed by atoms with E-state index < -0.39 is 0 Å². The Balaban J connectivity index is 1.58. The molecule has 0 aliphatic heterocycles. The fourth-order valence-corrected chi connectivity index (χ4v) is 6.95. The van der Waals surface area contributed by atoms with E-state index in [1.54, 1.807) is 6.07 Å². The van der Waals surface area contributed by atoms with Crippen LogP contribution >= 0.6 is 15.9 Å². The summed E-state index contributed by atoms with van der Waals surface area (Å²) in [6.07, 6.45) is 0. The Kier molecular flexibility index (Phi) is 5.69. The molecule has 43 heavy (non-hydrogen) atoms. The number of para-hydroxylation sites is 3. The van der Waals surface area contributed by atoms with Crippen LogP contribution in [0.15, 0.2) is 132 Å². The van der Waals surface area contributed by atoms with Crippen molar-refractivity contribution in [3.63, 3.8) is 0 Å². The summed E-state index contributed by atoms with van der Waals surface area (Å²) in [6, 6.07) is 48.2. The molecule has 0 spiro atoms. The van der Waals surface area contributed by atoms with Crippen LogP contribution in [0.1, 0.15) is 11.1 Å². The second kappa shape index (κ2) is 9.74. The van der Waals surface area contributed by atoms with Gasteiger partial charge in [0.1, 0.15) is 12.1 Å². The lowest BCUT2D eigenvalue weighted by molar-refractivity contribution is 1.08. The Morgan fingerprint density at radius 1 is 0.465 bits per heavy atom. The van der Waals surface area contributed by atoms with Crippen LogP contribution in [-0.4, -0.2) is 9.13 Å². The summed E-state index contributed by atoms with van der Waals surface area (Å²) >= 11 is 3.66. The first-order valence-corrected chi connectivity index (χ1v) is 14.7. The molecular formula is C38H21BrN4. The Morgan fingerprint density at radius 3 is 1.56 bits per heavy atom. The first-order chi connectivity index (χ1) is 21.2. The molecule has 0 bridgehead atoms. The van der Waals surface area contributed by atoms with Gasteiger partial charge in [-0.25, -0.2) is 0 Å². The Morgan fingerprint density at radius 2 is 0.977 bits per heavy atom. The van der Waals surface area contributed by atoms with E-state index in [2.05, 4.69) is 104 Å². The molecule has 0 N–H and O–H groups in total. The van der Waals surface area contributed by atoms with Crippen molar-refractivity contribution in [1.82, 2.24) is 9.13 Å². The molecule has 0 amide bonds. The van der Waals surface area contributed by atoms with Crippen LogP contribution in [0.5, 0.6) is 0 Å².